The van der Waals surface area contributed by atoms with Crippen LogP contribution in [0, 0.1) is 5.92 Å². The van der Waals surface area contributed by atoms with Crippen molar-refractivity contribution in [2.45, 2.75) is 24.8 Å². The first kappa shape index (κ1) is 11.9. The van der Waals surface area contributed by atoms with Crippen LogP contribution in [0.15, 0.2) is 24.3 Å². The van der Waals surface area contributed by atoms with Crippen LogP contribution in [-0.4, -0.2) is 29.3 Å². The molecule has 0 aliphatic heterocycles. The van der Waals surface area contributed by atoms with E-state index in [2.05, 4.69) is 12.2 Å². The second-order valence-corrected chi connectivity index (χ2v) is 4.88. The summed E-state index contributed by atoms with van der Waals surface area (Å²) in [6.45, 7) is 2.07. The van der Waals surface area contributed by atoms with Gasteiger partial charge in [-0.3, -0.25) is 4.79 Å². The molecule has 1 saturated carbocycles. The maximum atomic E-state index is 11.1. The molecule has 1 unspecified atom stereocenters. The number of carbonyl (C=O) groups is 1. The van der Waals surface area contributed by atoms with Crippen molar-refractivity contribution in [2.24, 2.45) is 5.92 Å². The molecule has 0 amide bonds. The molecular weight excluding hydrogens is 218 g/mol. The normalized spacial score (nSPS) is 28.7. The summed E-state index contributed by atoms with van der Waals surface area (Å²) in [4.78, 5) is 11.1. The number of aromatic hydroxyl groups is 1. The SMILES string of the molecule is CNC(C(=O)O)[C@@H]1C[C@]1(C)c1ccc(O)cc1. The molecule has 1 fully saturated rings. The highest BCUT2D eigenvalue weighted by molar-refractivity contribution is 5.75. The van der Waals surface area contributed by atoms with E-state index in [0.29, 0.717) is 0 Å². The number of aliphatic carboxylic acids is 1. The highest BCUT2D eigenvalue weighted by atomic mass is 16.4. The Morgan fingerprint density at radius 2 is 2.06 bits per heavy atom. The highest BCUT2D eigenvalue weighted by Crippen LogP contribution is 2.55. The molecule has 4 heteroatoms. The van der Waals surface area contributed by atoms with E-state index in [1.54, 1.807) is 19.2 Å². The Morgan fingerprint density at radius 1 is 1.47 bits per heavy atom. The number of benzene rings is 1. The maximum Gasteiger partial charge on any atom is 0.321 e. The molecule has 1 aromatic carbocycles. The third kappa shape index (κ3) is 2.00. The van der Waals surface area contributed by atoms with Gasteiger partial charge in [0, 0.05) is 0 Å². The van der Waals surface area contributed by atoms with E-state index < -0.39 is 12.0 Å². The number of phenolic OH excluding ortho intramolecular Hbond substituents is 1. The van der Waals surface area contributed by atoms with Gasteiger partial charge in [-0.05, 0) is 42.5 Å². The number of rotatable bonds is 4. The molecule has 1 aliphatic rings. The number of carboxylic acid groups (broad SMARTS) is 1. The van der Waals surface area contributed by atoms with Crippen LogP contribution >= 0.6 is 0 Å². The minimum atomic E-state index is -0.806. The average molecular weight is 235 g/mol. The zero-order valence-electron chi connectivity index (χ0n) is 9.97. The third-order valence-corrected chi connectivity index (χ3v) is 3.81. The van der Waals surface area contributed by atoms with Crippen molar-refractivity contribution in [3.63, 3.8) is 0 Å². The zero-order chi connectivity index (χ0) is 12.6. The summed E-state index contributed by atoms with van der Waals surface area (Å²) in [5.41, 5.74) is 0.988. The van der Waals surface area contributed by atoms with Crippen LogP contribution < -0.4 is 5.32 Å². The van der Waals surface area contributed by atoms with Gasteiger partial charge in [-0.15, -0.1) is 0 Å². The molecule has 0 radical (unpaired) electrons. The highest BCUT2D eigenvalue weighted by Gasteiger charge is 2.56. The van der Waals surface area contributed by atoms with Gasteiger partial charge in [0.15, 0.2) is 0 Å². The van der Waals surface area contributed by atoms with Crippen molar-refractivity contribution in [3.8, 4) is 5.75 Å². The molecule has 3 atom stereocenters. The van der Waals surface area contributed by atoms with Crippen molar-refractivity contribution in [2.75, 3.05) is 7.05 Å². The van der Waals surface area contributed by atoms with Gasteiger partial charge in [0.25, 0.3) is 0 Å². The first-order chi connectivity index (χ1) is 7.99. The van der Waals surface area contributed by atoms with Crippen LogP contribution in [-0.2, 0) is 10.2 Å². The Kier molecular flexibility index (Phi) is 2.83. The Labute approximate surface area is 100 Å². The van der Waals surface area contributed by atoms with E-state index in [-0.39, 0.29) is 17.1 Å². The Hall–Kier alpha value is -1.55. The molecule has 4 nitrogen and oxygen atoms in total. The van der Waals surface area contributed by atoms with Gasteiger partial charge >= 0.3 is 5.97 Å². The van der Waals surface area contributed by atoms with Crippen molar-refractivity contribution in [1.29, 1.82) is 0 Å². The average Bonchev–Trinajstić information content (AvgIpc) is 2.93. The van der Waals surface area contributed by atoms with E-state index >= 15 is 0 Å². The molecule has 1 aliphatic carbocycles. The van der Waals surface area contributed by atoms with Crippen molar-refractivity contribution in [3.05, 3.63) is 29.8 Å². The predicted octanol–water partition coefficient (Wildman–Crippen LogP) is 1.34. The topological polar surface area (TPSA) is 69.6 Å². The van der Waals surface area contributed by atoms with Gasteiger partial charge in [-0.1, -0.05) is 19.1 Å². The predicted molar refractivity (Wildman–Crippen MR) is 64.0 cm³/mol. The van der Waals surface area contributed by atoms with Crippen LogP contribution in [0.2, 0.25) is 0 Å². The maximum absolute atomic E-state index is 11.1. The molecule has 3 N–H and O–H groups in total. The van der Waals surface area contributed by atoms with Crippen LogP contribution in [0.1, 0.15) is 18.9 Å². The summed E-state index contributed by atoms with van der Waals surface area (Å²) >= 11 is 0. The monoisotopic (exact) mass is 235 g/mol. The second-order valence-electron chi connectivity index (χ2n) is 4.88. The van der Waals surface area contributed by atoms with E-state index in [0.717, 1.165) is 12.0 Å². The minimum Gasteiger partial charge on any atom is -0.508 e. The lowest BCUT2D eigenvalue weighted by atomic mass is 9.93. The van der Waals surface area contributed by atoms with Gasteiger partial charge in [-0.25, -0.2) is 0 Å². The fourth-order valence-electron chi connectivity index (χ4n) is 2.55. The summed E-state index contributed by atoms with van der Waals surface area (Å²) in [5.74, 6) is -0.465. The first-order valence-electron chi connectivity index (χ1n) is 5.68. The molecule has 1 aromatic rings. The fraction of sp³-hybridized carbons (Fsp3) is 0.462. The van der Waals surface area contributed by atoms with E-state index in [1.165, 1.54) is 0 Å². The number of phenols is 1. The van der Waals surface area contributed by atoms with Crippen molar-refractivity contribution < 1.29 is 15.0 Å². The quantitative estimate of drug-likeness (QED) is 0.736. The molecule has 2 rings (SSSR count). The van der Waals surface area contributed by atoms with Gasteiger partial charge in [0.1, 0.15) is 11.8 Å². The van der Waals surface area contributed by atoms with Crippen LogP contribution in [0.3, 0.4) is 0 Å². The van der Waals surface area contributed by atoms with Gasteiger partial charge < -0.3 is 15.5 Å². The number of carboxylic acids is 1. The van der Waals surface area contributed by atoms with Gasteiger partial charge in [-0.2, -0.15) is 0 Å². The number of hydrogen-bond acceptors (Lipinski definition) is 3. The minimum absolute atomic E-state index is 0.0975. The van der Waals surface area contributed by atoms with Gasteiger partial charge in [0.2, 0.25) is 0 Å². The lowest BCUT2D eigenvalue weighted by Crippen LogP contribution is -2.38. The molecular formula is C13H17NO3. The summed E-state index contributed by atoms with van der Waals surface area (Å²) < 4.78 is 0. The second kappa shape index (κ2) is 4.04. The number of hydrogen-bond donors (Lipinski definition) is 3. The van der Waals surface area contributed by atoms with E-state index in [1.807, 2.05) is 12.1 Å². The molecule has 0 saturated heterocycles. The largest absolute Gasteiger partial charge is 0.508 e. The molecule has 0 heterocycles. The Balaban J connectivity index is 2.19. The standard InChI is InChI=1S/C13H17NO3/c1-13(8-3-5-9(15)6-4-8)7-10(13)11(14-2)12(16)17/h3-6,10-11,14-15H,7H2,1-2H3,(H,16,17)/t10-,11?,13+/m0/s1. The smallest absolute Gasteiger partial charge is 0.321 e. The van der Waals surface area contributed by atoms with E-state index in [9.17, 15) is 9.90 Å². The number of nitrogens with one attached hydrogen (secondary N) is 1. The molecule has 0 bridgehead atoms. The summed E-state index contributed by atoms with van der Waals surface area (Å²) in [7, 11) is 1.67. The Morgan fingerprint density at radius 3 is 2.53 bits per heavy atom. The first-order valence-corrected chi connectivity index (χ1v) is 5.68. The zero-order valence-corrected chi connectivity index (χ0v) is 9.97. The van der Waals surface area contributed by atoms with Crippen molar-refractivity contribution in [1.82, 2.24) is 5.32 Å². The molecule has 0 aromatic heterocycles. The van der Waals surface area contributed by atoms with Crippen LogP contribution in [0.25, 0.3) is 0 Å². The summed E-state index contributed by atoms with van der Waals surface area (Å²) in [6.07, 6.45) is 0.857. The lowest BCUT2D eigenvalue weighted by Gasteiger charge is -2.16. The molecule has 17 heavy (non-hydrogen) atoms. The molecule has 92 valence electrons. The van der Waals surface area contributed by atoms with Gasteiger partial charge in [0.05, 0.1) is 0 Å². The lowest BCUT2D eigenvalue weighted by molar-refractivity contribution is -0.140. The van der Waals surface area contributed by atoms with Crippen molar-refractivity contribution >= 4 is 5.97 Å². The molecule has 0 spiro atoms. The Bertz CT molecular complexity index is 429. The van der Waals surface area contributed by atoms with Crippen LogP contribution in [0.4, 0.5) is 0 Å². The fourth-order valence-corrected chi connectivity index (χ4v) is 2.55. The number of likely N-dealkylation sites (N-methyl/N-ethyl adjacent to an activating group) is 1. The van der Waals surface area contributed by atoms with Crippen LogP contribution in [0.5, 0.6) is 5.75 Å². The summed E-state index contributed by atoms with van der Waals surface area (Å²) in [6, 6.07) is 6.51. The van der Waals surface area contributed by atoms with E-state index in [4.69, 9.17) is 5.11 Å². The third-order valence-electron chi connectivity index (χ3n) is 3.81. The summed E-state index contributed by atoms with van der Waals surface area (Å²) in [5, 5.41) is 21.2.